The molecule has 2 N–H and O–H groups in total. The molecule has 1 aliphatic carbocycles. The van der Waals surface area contributed by atoms with Crippen LogP contribution in [0.15, 0.2) is 8.83 Å². The Hall–Kier alpha value is -2.22. The number of nitrogens with one attached hydrogen (secondary N) is 1. The maximum absolute atomic E-state index is 10.9. The third kappa shape index (κ3) is 15.9. The van der Waals surface area contributed by atoms with Gasteiger partial charge in [-0.1, -0.05) is 72.6 Å². The van der Waals surface area contributed by atoms with Gasteiger partial charge in [-0.15, -0.1) is 20.4 Å². The van der Waals surface area contributed by atoms with E-state index in [0.717, 1.165) is 70.4 Å². The summed E-state index contributed by atoms with van der Waals surface area (Å²) in [7, 11) is -9.23. The van der Waals surface area contributed by atoms with E-state index in [9.17, 15) is 21.4 Å². The number of piperidine rings is 2. The summed E-state index contributed by atoms with van der Waals surface area (Å²) in [6, 6.07) is -0.236. The maximum atomic E-state index is 10.9. The van der Waals surface area contributed by atoms with Crippen LogP contribution in [0, 0.1) is 11.8 Å². The van der Waals surface area contributed by atoms with E-state index in [4.69, 9.17) is 13.4 Å². The minimum atomic E-state index is -4.74. The van der Waals surface area contributed by atoms with Crippen LogP contribution in [-0.2, 0) is 42.2 Å². The van der Waals surface area contributed by atoms with Gasteiger partial charge in [-0.3, -0.25) is 14.4 Å². The summed E-state index contributed by atoms with van der Waals surface area (Å²) in [5, 5.41) is 22.4. The van der Waals surface area contributed by atoms with Crippen molar-refractivity contribution in [2.24, 2.45) is 11.8 Å². The largest absolute Gasteiger partial charge is 0.724 e. The van der Waals surface area contributed by atoms with E-state index in [2.05, 4.69) is 62.0 Å². The standard InChI is InChI=1S/C16H36N.C14H22N4O5S.C13H21N5O5S/c1-5-9-13-17(14-10-6-2,15-11-7-3)16-12-8-4;19-24(20,21)23-18-9-17-8-11(18)5-6-12(17)14-16-15-13(22-14)7-4-10-2-1-3-10;19-24(20,21)23-18-8-17-7-10(18)2-3-11(17)13-16-15-12(22-13)4-1-9-5-14-6-9/h5-16H2,1-4H3;10-12H,1-9H2,(H,19,20,21);9-11,14H,1-8H2,(H,19,20,21)/q+1;;/p-1/t;11-,12+;10-,11+/m.11/s1. The van der Waals surface area contributed by atoms with Crippen molar-refractivity contribution in [1.29, 1.82) is 0 Å². The van der Waals surface area contributed by atoms with E-state index in [1.165, 1.54) is 111 Å². The Bertz CT molecular complexity index is 1780. The number of hydroxylamine groups is 4. The minimum Gasteiger partial charge on any atom is -0.724 e. The van der Waals surface area contributed by atoms with Gasteiger partial charge in [0.25, 0.3) is 0 Å². The fourth-order valence-electron chi connectivity index (χ4n) is 10.0. The number of fused-ring (bicyclic) bond motifs is 4. The SMILES string of the molecule is CCCC[N+](CCCC)(CCCC)CCCC.O=S(=O)(O)ON1CN2C[C@H]1CC[C@H]2c1nnc(CCC2CNC2)o1.O=S(=O)([O-])ON1CN2C[C@H]1CC[C@H]2c1nnc(CCC2CCC2)o1. The Labute approximate surface area is 387 Å². The molecule has 5 aliphatic heterocycles. The van der Waals surface area contributed by atoms with Crippen LogP contribution in [0.4, 0.5) is 0 Å². The molecule has 1 saturated carbocycles. The van der Waals surface area contributed by atoms with E-state index < -0.39 is 20.8 Å². The number of hydrogen-bond donors (Lipinski definition) is 2. The molecule has 65 heavy (non-hydrogen) atoms. The molecule has 2 unspecified atom stereocenters. The summed E-state index contributed by atoms with van der Waals surface area (Å²) in [5.41, 5.74) is 0. The van der Waals surface area contributed by atoms with Gasteiger partial charge in [0.1, 0.15) is 0 Å². The molecule has 22 heteroatoms. The summed E-state index contributed by atoms with van der Waals surface area (Å²) in [5.74, 6) is 3.97. The third-order valence-corrected chi connectivity index (χ3v) is 15.0. The molecule has 6 fully saturated rings. The predicted octanol–water partition coefficient (Wildman–Crippen LogP) is 5.71. The Morgan fingerprint density at radius 2 is 1.11 bits per heavy atom. The summed E-state index contributed by atoms with van der Waals surface area (Å²) >= 11 is 0. The van der Waals surface area contributed by atoms with E-state index in [-0.39, 0.29) is 37.5 Å². The van der Waals surface area contributed by atoms with Crippen molar-refractivity contribution < 1.29 is 47.8 Å². The van der Waals surface area contributed by atoms with Crippen LogP contribution < -0.4 is 5.32 Å². The zero-order valence-electron chi connectivity index (χ0n) is 39.4. The number of hydrogen-bond acceptors (Lipinski definition) is 18. The Morgan fingerprint density at radius 3 is 1.48 bits per heavy atom. The van der Waals surface area contributed by atoms with Crippen molar-refractivity contribution in [3.8, 4) is 0 Å². The van der Waals surface area contributed by atoms with Crippen molar-refractivity contribution in [3.05, 3.63) is 23.6 Å². The monoisotopic (exact) mass is 959 g/mol. The number of nitrogens with zero attached hydrogens (tertiary/aromatic N) is 9. The zero-order valence-corrected chi connectivity index (χ0v) is 41.1. The first kappa shape index (κ1) is 52.2. The molecule has 20 nitrogen and oxygen atoms in total. The highest BCUT2D eigenvalue weighted by molar-refractivity contribution is 7.81. The normalized spacial score (nSPS) is 26.2. The molecule has 8 rings (SSSR count). The highest BCUT2D eigenvalue weighted by Gasteiger charge is 2.45. The molecule has 0 spiro atoms. The summed E-state index contributed by atoms with van der Waals surface area (Å²) in [4.78, 5) is 4.05. The number of unbranched alkanes of at least 4 members (excludes halogenated alkanes) is 4. The van der Waals surface area contributed by atoms with Gasteiger partial charge in [0.2, 0.25) is 34.0 Å². The fourth-order valence-corrected chi connectivity index (χ4v) is 10.8. The molecule has 0 amide bonds. The second-order valence-electron chi connectivity index (χ2n) is 19.3. The fraction of sp³-hybridized carbons (Fsp3) is 0.907. The predicted molar refractivity (Wildman–Crippen MR) is 240 cm³/mol. The summed E-state index contributed by atoms with van der Waals surface area (Å²) in [6.07, 6.45) is 21.7. The lowest BCUT2D eigenvalue weighted by molar-refractivity contribution is -0.929. The lowest BCUT2D eigenvalue weighted by Gasteiger charge is -2.39. The molecule has 6 aliphatic rings. The molecule has 6 atom stereocenters. The van der Waals surface area contributed by atoms with Gasteiger partial charge < -0.3 is 23.2 Å². The third-order valence-electron chi connectivity index (χ3n) is 14.3. The topological polar surface area (TPSA) is 233 Å². The Morgan fingerprint density at radius 1 is 0.662 bits per heavy atom. The van der Waals surface area contributed by atoms with Crippen molar-refractivity contribution in [1.82, 2.24) is 45.6 Å². The van der Waals surface area contributed by atoms with Crippen LogP contribution in [0.5, 0.6) is 0 Å². The summed E-state index contributed by atoms with van der Waals surface area (Å²) < 4.78 is 85.3. The average molecular weight is 959 g/mol. The molecular formula is C43H78N10O10S2. The smallest absolute Gasteiger partial charge is 0.413 e. The van der Waals surface area contributed by atoms with Crippen molar-refractivity contribution >= 4 is 20.8 Å². The minimum absolute atomic E-state index is 0.0390. The van der Waals surface area contributed by atoms with E-state index >= 15 is 0 Å². The first-order valence-electron chi connectivity index (χ1n) is 24.7. The molecule has 5 saturated heterocycles. The molecule has 2 aromatic heterocycles. The highest BCUT2D eigenvalue weighted by Crippen LogP contribution is 2.39. The number of aryl methyl sites for hydroxylation is 2. The Kier molecular flexibility index (Phi) is 20.0. The second-order valence-corrected chi connectivity index (χ2v) is 21.2. The first-order valence-corrected chi connectivity index (χ1v) is 27.4. The maximum Gasteiger partial charge on any atom is 0.413 e. The van der Waals surface area contributed by atoms with Gasteiger partial charge in [0.05, 0.1) is 63.7 Å². The van der Waals surface area contributed by atoms with Crippen LogP contribution >= 0.6 is 0 Å². The molecular weight excluding hydrogens is 881 g/mol. The van der Waals surface area contributed by atoms with E-state index in [0.29, 0.717) is 42.6 Å². The number of quaternary nitrogens is 1. The van der Waals surface area contributed by atoms with Gasteiger partial charge >= 0.3 is 10.4 Å². The zero-order chi connectivity index (χ0) is 46.5. The number of aromatic nitrogens is 4. The second kappa shape index (κ2) is 24.9. The molecule has 2 aromatic rings. The van der Waals surface area contributed by atoms with Crippen LogP contribution in [0.3, 0.4) is 0 Å². The van der Waals surface area contributed by atoms with Crippen LogP contribution in [-0.4, -0.2) is 149 Å². The summed E-state index contributed by atoms with van der Waals surface area (Å²) in [6.45, 7) is 18.9. The van der Waals surface area contributed by atoms with Gasteiger partial charge in [-0.2, -0.15) is 27.1 Å². The van der Waals surface area contributed by atoms with Gasteiger partial charge in [-0.25, -0.2) is 8.42 Å². The van der Waals surface area contributed by atoms with Crippen LogP contribution in [0.2, 0.25) is 0 Å². The van der Waals surface area contributed by atoms with Crippen molar-refractivity contribution in [3.63, 3.8) is 0 Å². The lowest BCUT2D eigenvalue weighted by Crippen LogP contribution is -2.50. The molecule has 0 aromatic carbocycles. The molecule has 0 radical (unpaired) electrons. The number of rotatable bonds is 24. The van der Waals surface area contributed by atoms with E-state index in [1.54, 1.807) is 0 Å². The highest BCUT2D eigenvalue weighted by atomic mass is 32.3. The van der Waals surface area contributed by atoms with Crippen molar-refractivity contribution in [2.75, 3.05) is 65.7 Å². The van der Waals surface area contributed by atoms with E-state index in [1.807, 2.05) is 9.80 Å². The molecule has 4 bridgehead atoms. The average Bonchev–Trinajstić information content (AvgIpc) is 4.03. The first-order chi connectivity index (χ1) is 31.2. The molecule has 7 heterocycles. The van der Waals surface area contributed by atoms with Gasteiger partial charge in [-0.05, 0) is 89.1 Å². The lowest BCUT2D eigenvalue weighted by atomic mass is 9.82. The van der Waals surface area contributed by atoms with Gasteiger partial charge in [0, 0.05) is 25.9 Å². The quantitative estimate of drug-likeness (QED) is 0.0728. The van der Waals surface area contributed by atoms with Gasteiger partial charge in [0.15, 0.2) is 0 Å². The molecule has 372 valence electrons. The van der Waals surface area contributed by atoms with Crippen LogP contribution in [0.1, 0.15) is 172 Å². The van der Waals surface area contributed by atoms with Crippen molar-refractivity contribution in [2.45, 2.75) is 174 Å². The van der Waals surface area contributed by atoms with Crippen LogP contribution in [0.25, 0.3) is 0 Å². The Balaban J connectivity index is 0.000000165.